The second-order valence-corrected chi connectivity index (χ2v) is 10.4. The van der Waals surface area contributed by atoms with Gasteiger partial charge in [-0.15, -0.1) is 0 Å². The Morgan fingerprint density at radius 1 is 1.19 bits per heavy atom. The van der Waals surface area contributed by atoms with Crippen LogP contribution in [-0.2, 0) is 22.9 Å². The van der Waals surface area contributed by atoms with Crippen LogP contribution in [0, 0.1) is 5.82 Å². The Kier molecular flexibility index (Phi) is 6.95. The molecule has 1 atom stereocenters. The highest BCUT2D eigenvalue weighted by Crippen LogP contribution is 2.48. The molecular formula is C23H28ClFN2O4S. The lowest BCUT2D eigenvalue weighted by Crippen LogP contribution is -2.35. The average molecular weight is 483 g/mol. The first kappa shape index (κ1) is 23.3. The van der Waals surface area contributed by atoms with E-state index in [1.807, 2.05) is 0 Å². The van der Waals surface area contributed by atoms with E-state index < -0.39 is 15.8 Å². The SMILES string of the molecule is COc1cc2c3c(c1OC)CCC3N(CCCCNS(=O)(=O)c1ccc(F)c(Cl)c1)CC2. The van der Waals surface area contributed by atoms with E-state index in [4.69, 9.17) is 21.1 Å². The zero-order valence-electron chi connectivity index (χ0n) is 18.3. The van der Waals surface area contributed by atoms with Crippen LogP contribution in [0.2, 0.25) is 5.02 Å². The van der Waals surface area contributed by atoms with Gasteiger partial charge in [0.2, 0.25) is 10.0 Å². The molecule has 0 aromatic heterocycles. The van der Waals surface area contributed by atoms with Gasteiger partial charge in [-0.1, -0.05) is 11.6 Å². The number of unbranched alkanes of at least 4 members (excludes halogenated alkanes) is 1. The number of rotatable bonds is 9. The number of hydrogen-bond acceptors (Lipinski definition) is 5. The van der Waals surface area contributed by atoms with Crippen LogP contribution < -0.4 is 14.2 Å². The van der Waals surface area contributed by atoms with Gasteiger partial charge in [-0.25, -0.2) is 17.5 Å². The maximum Gasteiger partial charge on any atom is 0.240 e. The lowest BCUT2D eigenvalue weighted by molar-refractivity contribution is 0.182. The highest BCUT2D eigenvalue weighted by Gasteiger charge is 2.36. The molecule has 0 radical (unpaired) electrons. The first-order chi connectivity index (χ1) is 15.4. The molecule has 32 heavy (non-hydrogen) atoms. The topological polar surface area (TPSA) is 67.9 Å². The van der Waals surface area contributed by atoms with Gasteiger partial charge in [0.05, 0.1) is 24.1 Å². The molecule has 2 aromatic carbocycles. The Labute approximate surface area is 193 Å². The van der Waals surface area contributed by atoms with Crippen LogP contribution in [0.15, 0.2) is 29.2 Å². The van der Waals surface area contributed by atoms with Gasteiger partial charge in [0.15, 0.2) is 11.5 Å². The molecule has 1 N–H and O–H groups in total. The van der Waals surface area contributed by atoms with Crippen LogP contribution >= 0.6 is 11.6 Å². The molecular weight excluding hydrogens is 455 g/mol. The summed E-state index contributed by atoms with van der Waals surface area (Å²) >= 11 is 5.71. The predicted octanol–water partition coefficient (Wildman–Crippen LogP) is 4.10. The number of ether oxygens (including phenoxy) is 2. The van der Waals surface area contributed by atoms with Crippen LogP contribution in [-0.4, -0.2) is 47.2 Å². The highest BCUT2D eigenvalue weighted by molar-refractivity contribution is 7.89. The lowest BCUT2D eigenvalue weighted by atomic mass is 9.92. The Bertz CT molecular complexity index is 1110. The Morgan fingerprint density at radius 2 is 2.00 bits per heavy atom. The molecule has 6 nitrogen and oxygen atoms in total. The molecule has 0 spiro atoms. The van der Waals surface area contributed by atoms with Crippen LogP contribution in [0.5, 0.6) is 11.5 Å². The van der Waals surface area contributed by atoms with Crippen molar-refractivity contribution in [3.63, 3.8) is 0 Å². The second kappa shape index (κ2) is 9.55. The highest BCUT2D eigenvalue weighted by atomic mass is 35.5. The molecule has 1 heterocycles. The molecule has 1 aliphatic carbocycles. The standard InChI is InChI=1S/C23H28ClFN2O4S/c1-30-21-13-15-9-12-27(20-8-6-17(22(15)20)23(21)31-2)11-4-3-10-26-32(28,29)16-5-7-19(25)18(24)14-16/h5,7,13-14,20,26H,3-4,6,8-12H2,1-2H3. The van der Waals surface area contributed by atoms with Crippen LogP contribution in [0.1, 0.15) is 42.0 Å². The summed E-state index contributed by atoms with van der Waals surface area (Å²) in [6.07, 6.45) is 4.59. The van der Waals surface area contributed by atoms with E-state index in [9.17, 15) is 12.8 Å². The number of halogens is 2. The van der Waals surface area contributed by atoms with Gasteiger partial charge in [-0.05, 0) is 74.0 Å². The number of hydrogen-bond donors (Lipinski definition) is 1. The number of benzene rings is 2. The summed E-state index contributed by atoms with van der Waals surface area (Å²) in [5.41, 5.74) is 4.01. The van der Waals surface area contributed by atoms with Crippen molar-refractivity contribution in [1.82, 2.24) is 9.62 Å². The molecule has 0 bridgehead atoms. The molecule has 4 rings (SSSR count). The van der Waals surface area contributed by atoms with Crippen molar-refractivity contribution in [1.29, 1.82) is 0 Å². The Balaban J connectivity index is 1.33. The zero-order valence-corrected chi connectivity index (χ0v) is 19.9. The van der Waals surface area contributed by atoms with E-state index in [1.54, 1.807) is 14.2 Å². The van der Waals surface area contributed by atoms with Crippen molar-refractivity contribution >= 4 is 21.6 Å². The molecule has 174 valence electrons. The fourth-order valence-corrected chi connectivity index (χ4v) is 6.21. The van der Waals surface area contributed by atoms with E-state index in [0.29, 0.717) is 19.0 Å². The van der Waals surface area contributed by atoms with Crippen LogP contribution in [0.4, 0.5) is 4.39 Å². The summed E-state index contributed by atoms with van der Waals surface area (Å²) in [5, 5.41) is -0.205. The lowest BCUT2D eigenvalue weighted by Gasteiger charge is -2.35. The monoisotopic (exact) mass is 482 g/mol. The summed E-state index contributed by atoms with van der Waals surface area (Å²) in [5.74, 6) is 1.02. The van der Waals surface area contributed by atoms with Crippen LogP contribution in [0.3, 0.4) is 0 Å². The Morgan fingerprint density at radius 3 is 2.72 bits per heavy atom. The smallest absolute Gasteiger partial charge is 0.240 e. The van der Waals surface area contributed by atoms with Gasteiger partial charge >= 0.3 is 0 Å². The minimum Gasteiger partial charge on any atom is -0.493 e. The van der Waals surface area contributed by atoms with Gasteiger partial charge in [-0.3, -0.25) is 4.90 Å². The van der Waals surface area contributed by atoms with Crippen molar-refractivity contribution in [2.45, 2.75) is 43.0 Å². The first-order valence-electron chi connectivity index (χ1n) is 10.8. The summed E-state index contributed by atoms with van der Waals surface area (Å²) in [6.45, 7) is 2.21. The third-order valence-corrected chi connectivity index (χ3v) is 8.12. The maximum atomic E-state index is 13.3. The molecule has 9 heteroatoms. The van der Waals surface area contributed by atoms with Crippen molar-refractivity contribution in [3.05, 3.63) is 51.8 Å². The molecule has 0 saturated heterocycles. The average Bonchev–Trinajstić information content (AvgIpc) is 3.22. The van der Waals surface area contributed by atoms with Gasteiger partial charge in [-0.2, -0.15) is 0 Å². The summed E-state index contributed by atoms with van der Waals surface area (Å²) in [6, 6.07) is 5.91. The fourth-order valence-electron chi connectivity index (χ4n) is 4.86. The Hall–Kier alpha value is -1.87. The number of sulfonamides is 1. The quantitative estimate of drug-likeness (QED) is 0.545. The van der Waals surface area contributed by atoms with E-state index in [2.05, 4.69) is 15.7 Å². The molecule has 2 aromatic rings. The van der Waals surface area contributed by atoms with E-state index in [1.165, 1.54) is 22.8 Å². The molecule has 0 amide bonds. The van der Waals surface area contributed by atoms with Gasteiger partial charge in [0.1, 0.15) is 5.82 Å². The van der Waals surface area contributed by atoms with Gasteiger partial charge < -0.3 is 9.47 Å². The minimum atomic E-state index is -3.71. The van der Waals surface area contributed by atoms with Crippen LogP contribution in [0.25, 0.3) is 0 Å². The second-order valence-electron chi connectivity index (χ2n) is 8.18. The fraction of sp³-hybridized carbons (Fsp3) is 0.478. The third kappa shape index (κ3) is 4.46. The molecule has 0 saturated carbocycles. The normalized spacial score (nSPS) is 17.9. The van der Waals surface area contributed by atoms with Gasteiger partial charge in [0, 0.05) is 24.7 Å². The molecule has 1 aliphatic heterocycles. The maximum absolute atomic E-state index is 13.3. The van der Waals surface area contributed by atoms with E-state index >= 15 is 0 Å². The van der Waals surface area contributed by atoms with E-state index in [0.717, 1.165) is 62.4 Å². The molecule has 1 unspecified atom stereocenters. The molecule has 2 aliphatic rings. The number of methoxy groups -OCH3 is 2. The summed E-state index contributed by atoms with van der Waals surface area (Å²) < 4.78 is 51.8. The predicted molar refractivity (Wildman–Crippen MR) is 122 cm³/mol. The van der Waals surface area contributed by atoms with Crippen molar-refractivity contribution in [2.24, 2.45) is 0 Å². The third-order valence-electron chi connectivity index (χ3n) is 6.37. The first-order valence-corrected chi connectivity index (χ1v) is 12.7. The van der Waals surface area contributed by atoms with Crippen molar-refractivity contribution in [2.75, 3.05) is 33.9 Å². The van der Waals surface area contributed by atoms with Crippen molar-refractivity contribution in [3.8, 4) is 11.5 Å². The van der Waals surface area contributed by atoms with Crippen molar-refractivity contribution < 1.29 is 22.3 Å². The van der Waals surface area contributed by atoms with E-state index in [-0.39, 0.29) is 9.92 Å². The van der Waals surface area contributed by atoms with Gasteiger partial charge in [0.25, 0.3) is 0 Å². The summed E-state index contributed by atoms with van der Waals surface area (Å²) in [7, 11) is -0.339. The summed E-state index contributed by atoms with van der Waals surface area (Å²) in [4.78, 5) is 2.47. The largest absolute Gasteiger partial charge is 0.493 e. The molecule has 0 fully saturated rings. The minimum absolute atomic E-state index is 0.0283. The zero-order chi connectivity index (χ0) is 22.9. The number of nitrogens with zero attached hydrogens (tertiary/aromatic N) is 1. The number of nitrogens with one attached hydrogen (secondary N) is 1.